The van der Waals surface area contributed by atoms with Gasteiger partial charge in [-0.05, 0) is 74.8 Å². The van der Waals surface area contributed by atoms with Crippen molar-refractivity contribution < 1.29 is 27.9 Å². The fraction of sp³-hybridized carbons (Fsp3) is 0.441. The number of amides is 3. The Bertz CT molecular complexity index is 1760. The summed E-state index contributed by atoms with van der Waals surface area (Å²) in [4.78, 5) is 43.1. The molecular weight excluding hydrogens is 594 g/mol. The predicted octanol–water partition coefficient (Wildman–Crippen LogP) is 5.51. The van der Waals surface area contributed by atoms with Crippen LogP contribution in [0.15, 0.2) is 48.7 Å². The zero-order valence-corrected chi connectivity index (χ0v) is 25.6. The van der Waals surface area contributed by atoms with E-state index in [0.717, 1.165) is 19.3 Å². The molecule has 1 saturated heterocycles. The molecule has 3 amide bonds. The summed E-state index contributed by atoms with van der Waals surface area (Å²) in [6, 6.07) is 11.5. The van der Waals surface area contributed by atoms with E-state index in [2.05, 4.69) is 10.4 Å². The number of likely N-dealkylation sites (tertiary alicyclic amines) is 1. The first-order valence-corrected chi connectivity index (χ1v) is 15.6. The molecule has 1 aromatic heterocycles. The highest BCUT2D eigenvalue weighted by Gasteiger charge is 2.57. The van der Waals surface area contributed by atoms with Crippen molar-refractivity contribution in [2.75, 3.05) is 30.4 Å². The molecule has 0 unspecified atom stereocenters. The van der Waals surface area contributed by atoms with Crippen molar-refractivity contribution in [3.8, 4) is 11.8 Å². The van der Waals surface area contributed by atoms with Crippen molar-refractivity contribution in [1.82, 2.24) is 14.7 Å². The molecule has 3 aromatic rings. The molecule has 1 N–H and O–H groups in total. The molecule has 238 valence electrons. The predicted molar refractivity (Wildman–Crippen MR) is 164 cm³/mol. The fourth-order valence-electron chi connectivity index (χ4n) is 8.00. The minimum Gasteiger partial charge on any atom is -0.495 e. The first-order valence-electron chi connectivity index (χ1n) is 15.6. The molecule has 2 atom stereocenters. The number of methoxy groups -OCH3 is 1. The van der Waals surface area contributed by atoms with E-state index in [0.29, 0.717) is 36.6 Å². The second kappa shape index (κ2) is 10.9. The Hall–Kier alpha value is -4.79. The summed E-state index contributed by atoms with van der Waals surface area (Å²) in [5, 5.41) is 16.6. The molecule has 2 aromatic carbocycles. The highest BCUT2D eigenvalue weighted by atomic mass is 19.3. The lowest BCUT2D eigenvalue weighted by atomic mass is 9.57. The smallest absolute Gasteiger partial charge is 0.279 e. The van der Waals surface area contributed by atoms with Crippen LogP contribution in [0.3, 0.4) is 0 Å². The van der Waals surface area contributed by atoms with Gasteiger partial charge in [-0.15, -0.1) is 0 Å². The van der Waals surface area contributed by atoms with Crippen molar-refractivity contribution in [3.05, 3.63) is 71.0 Å². The van der Waals surface area contributed by atoms with E-state index in [1.165, 1.54) is 60.1 Å². The first kappa shape index (κ1) is 29.9. The van der Waals surface area contributed by atoms with E-state index in [1.807, 2.05) is 6.07 Å². The van der Waals surface area contributed by atoms with Crippen LogP contribution < -0.4 is 15.0 Å². The van der Waals surface area contributed by atoms with E-state index in [4.69, 9.17) is 4.74 Å². The number of anilines is 2. The van der Waals surface area contributed by atoms with Gasteiger partial charge in [0.1, 0.15) is 11.8 Å². The number of rotatable bonds is 6. The van der Waals surface area contributed by atoms with Gasteiger partial charge >= 0.3 is 0 Å². The van der Waals surface area contributed by atoms with Crippen molar-refractivity contribution in [2.45, 2.75) is 63.5 Å². The lowest BCUT2D eigenvalue weighted by molar-refractivity contribution is -0.174. The van der Waals surface area contributed by atoms with Crippen molar-refractivity contribution in [1.29, 1.82) is 5.26 Å². The van der Waals surface area contributed by atoms with Crippen LogP contribution in [0, 0.1) is 22.7 Å². The van der Waals surface area contributed by atoms with E-state index >= 15 is 8.78 Å². The van der Waals surface area contributed by atoms with Crippen LogP contribution >= 0.6 is 0 Å². The number of fused-ring (bicyclic) bond motifs is 6. The first-order chi connectivity index (χ1) is 22.1. The number of nitrogens with zero attached hydrogens (tertiary/aromatic N) is 5. The SMILES string of the molecule is COc1ccc(C(=O)Nc2cnn3c2C(=O)N(c2ccc(C(F)(F)C45CCC(CC4)CC5)cc2)[C@H]2CN(C(C)=O)C[C@@H]23)cc1C#N. The molecule has 10 nitrogen and oxygen atoms in total. The number of carbonyl (C=O) groups is 3. The Morgan fingerprint density at radius 3 is 2.37 bits per heavy atom. The lowest BCUT2D eigenvalue weighted by Crippen LogP contribution is -2.51. The summed E-state index contributed by atoms with van der Waals surface area (Å²) in [5.74, 6) is -3.30. The van der Waals surface area contributed by atoms with Crippen molar-refractivity contribution in [3.63, 3.8) is 0 Å². The Morgan fingerprint density at radius 1 is 1.07 bits per heavy atom. The molecule has 8 rings (SSSR count). The molecule has 5 aliphatic rings. The average Bonchev–Trinajstić information content (AvgIpc) is 3.71. The van der Waals surface area contributed by atoms with E-state index < -0.39 is 35.2 Å². The van der Waals surface area contributed by atoms with Gasteiger partial charge in [0.25, 0.3) is 17.7 Å². The van der Waals surface area contributed by atoms with Crippen LogP contribution in [0.4, 0.5) is 20.2 Å². The summed E-state index contributed by atoms with van der Waals surface area (Å²) in [7, 11) is 1.43. The summed E-state index contributed by atoms with van der Waals surface area (Å²) < 4.78 is 38.9. The van der Waals surface area contributed by atoms with E-state index in [1.54, 1.807) is 17.0 Å². The molecule has 2 bridgehead atoms. The zero-order chi connectivity index (χ0) is 32.4. The minimum absolute atomic E-state index is 0.0522. The van der Waals surface area contributed by atoms with Gasteiger partial charge in [0.15, 0.2) is 5.69 Å². The largest absolute Gasteiger partial charge is 0.495 e. The second-order valence-corrected chi connectivity index (χ2v) is 12.9. The Balaban J connectivity index is 1.21. The van der Waals surface area contributed by atoms with Crippen LogP contribution in [-0.2, 0) is 10.7 Å². The molecular formula is C34H34F2N6O4. The fourth-order valence-corrected chi connectivity index (χ4v) is 8.00. The van der Waals surface area contributed by atoms with Crippen molar-refractivity contribution >= 4 is 29.1 Å². The number of aromatic nitrogens is 2. The van der Waals surface area contributed by atoms with Gasteiger partial charge < -0.3 is 15.0 Å². The van der Waals surface area contributed by atoms with E-state index in [-0.39, 0.29) is 47.1 Å². The summed E-state index contributed by atoms with van der Waals surface area (Å²) in [6.07, 6.45) is 5.48. The normalized spacial score (nSPS) is 25.1. The third-order valence-corrected chi connectivity index (χ3v) is 10.7. The maximum Gasteiger partial charge on any atom is 0.279 e. The number of nitrogens with one attached hydrogen (secondary N) is 1. The van der Waals surface area contributed by atoms with Crippen LogP contribution in [0.1, 0.15) is 83.5 Å². The standard InChI is InChI=1S/C34H34F2N6O4/c1-20(43)40-18-27-28(19-40)42-30(26(17-38-42)39-31(44)22-3-8-29(46-2)23(15-22)16-37)32(45)41(27)25-6-4-24(5-7-25)34(35,36)33-12-9-21(10-13-33)11-14-33/h3-8,15,17,21,27-28H,9-14,18-19H2,1-2H3,(H,39,44)/t21?,27-,28-,33?/m0/s1. The quantitative estimate of drug-likeness (QED) is 0.385. The number of nitriles is 1. The third kappa shape index (κ3) is 4.55. The van der Waals surface area contributed by atoms with Crippen LogP contribution in [0.25, 0.3) is 0 Å². The molecule has 3 aliphatic carbocycles. The Kier molecular flexibility index (Phi) is 7.10. The highest BCUT2D eigenvalue weighted by molar-refractivity contribution is 6.13. The lowest BCUT2D eigenvalue weighted by Gasteiger charge is -2.50. The monoisotopic (exact) mass is 628 g/mol. The molecule has 0 radical (unpaired) electrons. The maximum absolute atomic E-state index is 16.1. The van der Waals surface area contributed by atoms with Crippen LogP contribution in [0.2, 0.25) is 0 Å². The number of hydrogen-bond donors (Lipinski definition) is 1. The van der Waals surface area contributed by atoms with E-state index in [9.17, 15) is 19.6 Å². The average molecular weight is 629 g/mol. The number of alkyl halides is 2. The zero-order valence-electron chi connectivity index (χ0n) is 25.6. The summed E-state index contributed by atoms with van der Waals surface area (Å²) in [5.41, 5.74) is -0.0265. The highest BCUT2D eigenvalue weighted by Crippen LogP contribution is 2.61. The molecule has 12 heteroatoms. The molecule has 3 heterocycles. The molecule has 3 saturated carbocycles. The van der Waals surface area contributed by atoms with Gasteiger partial charge in [0.05, 0.1) is 36.6 Å². The van der Waals surface area contributed by atoms with Gasteiger partial charge in [-0.25, -0.2) is 8.78 Å². The second-order valence-electron chi connectivity index (χ2n) is 12.9. The molecule has 2 aliphatic heterocycles. The van der Waals surface area contributed by atoms with Gasteiger partial charge in [0.2, 0.25) is 5.91 Å². The maximum atomic E-state index is 16.1. The molecule has 46 heavy (non-hydrogen) atoms. The summed E-state index contributed by atoms with van der Waals surface area (Å²) >= 11 is 0. The Labute approximate surface area is 264 Å². The molecule has 4 fully saturated rings. The van der Waals surface area contributed by atoms with Gasteiger partial charge in [-0.3, -0.25) is 24.0 Å². The topological polar surface area (TPSA) is 121 Å². The van der Waals surface area contributed by atoms with Gasteiger partial charge in [-0.2, -0.15) is 10.4 Å². The van der Waals surface area contributed by atoms with Crippen LogP contribution in [0.5, 0.6) is 5.75 Å². The summed E-state index contributed by atoms with van der Waals surface area (Å²) in [6.45, 7) is 1.99. The van der Waals surface area contributed by atoms with Crippen LogP contribution in [-0.4, -0.2) is 58.6 Å². The minimum atomic E-state index is -2.99. The number of ether oxygens (including phenoxy) is 1. The third-order valence-electron chi connectivity index (χ3n) is 10.7. The Morgan fingerprint density at radius 2 is 1.74 bits per heavy atom. The van der Waals surface area contributed by atoms with Gasteiger partial charge in [0, 0.05) is 42.2 Å². The van der Waals surface area contributed by atoms with Gasteiger partial charge in [-0.1, -0.05) is 12.1 Å². The van der Waals surface area contributed by atoms with Crippen molar-refractivity contribution in [2.24, 2.45) is 11.3 Å². The number of halogens is 2. The number of carbonyl (C=O) groups excluding carboxylic acids is 3. The molecule has 0 spiro atoms. The number of benzene rings is 2. The number of hydrogen-bond acceptors (Lipinski definition) is 6.